The quantitative estimate of drug-likeness (QED) is 0.758. The van der Waals surface area contributed by atoms with Gasteiger partial charge in [0.2, 0.25) is 15.9 Å². The molecule has 1 N–H and O–H groups in total. The Kier molecular flexibility index (Phi) is 6.98. The summed E-state index contributed by atoms with van der Waals surface area (Å²) in [7, 11) is -3.35. The van der Waals surface area contributed by atoms with E-state index < -0.39 is 16.1 Å². The number of amides is 1. The Hall–Kier alpha value is -1.44. The van der Waals surface area contributed by atoms with Crippen LogP contribution in [0.25, 0.3) is 0 Å². The molecule has 2 rings (SSSR count). The van der Waals surface area contributed by atoms with Gasteiger partial charge < -0.3 is 5.32 Å². The molecular formula is C18H29N3O3S. The molecule has 140 valence electrons. The van der Waals surface area contributed by atoms with Crippen molar-refractivity contribution in [3.05, 3.63) is 35.9 Å². The third-order valence-electron chi connectivity index (χ3n) is 4.84. The van der Waals surface area contributed by atoms with Crippen LogP contribution in [0.2, 0.25) is 0 Å². The normalized spacial score (nSPS) is 19.9. The van der Waals surface area contributed by atoms with Gasteiger partial charge >= 0.3 is 0 Å². The van der Waals surface area contributed by atoms with Crippen LogP contribution in [0.1, 0.15) is 38.3 Å². The summed E-state index contributed by atoms with van der Waals surface area (Å²) in [5.74, 6) is -0.198. The Bertz CT molecular complexity index is 659. The molecule has 1 amide bonds. The summed E-state index contributed by atoms with van der Waals surface area (Å²) in [6, 6.07) is 9.59. The van der Waals surface area contributed by atoms with Crippen LogP contribution in [0.4, 0.5) is 0 Å². The zero-order chi connectivity index (χ0) is 18.4. The molecule has 2 unspecified atom stereocenters. The Labute approximate surface area is 151 Å². The summed E-state index contributed by atoms with van der Waals surface area (Å²) >= 11 is 0. The Morgan fingerprint density at radius 3 is 2.48 bits per heavy atom. The van der Waals surface area contributed by atoms with Crippen molar-refractivity contribution < 1.29 is 13.2 Å². The minimum atomic E-state index is -3.35. The smallest absolute Gasteiger partial charge is 0.238 e. The van der Waals surface area contributed by atoms with E-state index in [0.29, 0.717) is 19.5 Å². The molecule has 6 nitrogen and oxygen atoms in total. The first-order valence-corrected chi connectivity index (χ1v) is 10.8. The summed E-state index contributed by atoms with van der Waals surface area (Å²) in [4.78, 5) is 14.9. The molecule has 0 saturated carbocycles. The second-order valence-corrected chi connectivity index (χ2v) is 8.36. The molecule has 1 aromatic rings. The van der Waals surface area contributed by atoms with Gasteiger partial charge in [-0.2, -0.15) is 4.31 Å². The average molecular weight is 368 g/mol. The number of rotatable bonds is 8. The molecule has 0 aliphatic carbocycles. The lowest BCUT2D eigenvalue weighted by atomic mass is 10.0. The standard InChI is InChI=1S/C18H29N3O3S/c1-4-20(5-2)17(15-10-7-6-8-11-15)14-19-18(22)16-12-9-13-21(16)25(3,23)24/h6-8,10-11,16-17H,4-5,9,12-14H2,1-3H3,(H,19,22). The highest BCUT2D eigenvalue weighted by atomic mass is 32.2. The third kappa shape index (κ3) is 5.03. The van der Waals surface area contributed by atoms with Gasteiger partial charge in [-0.15, -0.1) is 0 Å². The summed E-state index contributed by atoms with van der Waals surface area (Å²) in [6.07, 6.45) is 2.48. The molecule has 0 radical (unpaired) electrons. The summed E-state index contributed by atoms with van der Waals surface area (Å²) in [5, 5.41) is 2.99. The number of benzene rings is 1. The SMILES string of the molecule is CCN(CC)C(CNC(=O)C1CCCN1S(C)(=O)=O)c1ccccc1. The van der Waals surface area contributed by atoms with Crippen LogP contribution < -0.4 is 5.32 Å². The van der Waals surface area contributed by atoms with Crippen LogP contribution in [0, 0.1) is 0 Å². The minimum absolute atomic E-state index is 0.0771. The number of sulfonamides is 1. The number of hydrogen-bond donors (Lipinski definition) is 1. The predicted molar refractivity (Wildman–Crippen MR) is 99.7 cm³/mol. The average Bonchev–Trinajstić information content (AvgIpc) is 3.09. The fourth-order valence-electron chi connectivity index (χ4n) is 3.51. The Balaban J connectivity index is 2.08. The maximum atomic E-state index is 12.6. The summed E-state index contributed by atoms with van der Waals surface area (Å²) < 4.78 is 25.0. The predicted octanol–water partition coefficient (Wildman–Crippen LogP) is 1.61. The van der Waals surface area contributed by atoms with Gasteiger partial charge in [-0.1, -0.05) is 44.2 Å². The summed E-state index contributed by atoms with van der Waals surface area (Å²) in [6.45, 7) is 6.86. The van der Waals surface area contributed by atoms with E-state index in [0.717, 1.165) is 25.1 Å². The summed E-state index contributed by atoms with van der Waals surface area (Å²) in [5.41, 5.74) is 1.15. The van der Waals surface area contributed by atoms with Gasteiger partial charge in [0.15, 0.2) is 0 Å². The molecule has 2 atom stereocenters. The fourth-order valence-corrected chi connectivity index (χ4v) is 4.64. The van der Waals surface area contributed by atoms with Gasteiger partial charge in [-0.3, -0.25) is 9.69 Å². The first-order valence-electron chi connectivity index (χ1n) is 8.92. The first-order chi connectivity index (χ1) is 11.9. The number of carbonyl (C=O) groups is 1. The van der Waals surface area contributed by atoms with E-state index in [4.69, 9.17) is 0 Å². The minimum Gasteiger partial charge on any atom is -0.353 e. The zero-order valence-electron chi connectivity index (χ0n) is 15.3. The number of nitrogens with zero attached hydrogens (tertiary/aromatic N) is 2. The Morgan fingerprint density at radius 2 is 1.92 bits per heavy atom. The van der Waals surface area contributed by atoms with Gasteiger partial charge in [0.25, 0.3) is 0 Å². The molecular weight excluding hydrogens is 338 g/mol. The molecule has 7 heteroatoms. The number of hydrogen-bond acceptors (Lipinski definition) is 4. The van der Waals surface area contributed by atoms with Crippen molar-refractivity contribution in [2.45, 2.75) is 38.8 Å². The monoisotopic (exact) mass is 367 g/mol. The number of nitrogens with one attached hydrogen (secondary N) is 1. The van der Waals surface area contributed by atoms with Gasteiger partial charge in [0.05, 0.1) is 12.3 Å². The van der Waals surface area contributed by atoms with E-state index in [-0.39, 0.29) is 11.9 Å². The van der Waals surface area contributed by atoms with E-state index in [2.05, 4.69) is 36.2 Å². The second-order valence-electron chi connectivity index (χ2n) is 6.42. The van der Waals surface area contributed by atoms with Crippen molar-refractivity contribution in [1.29, 1.82) is 0 Å². The van der Waals surface area contributed by atoms with Crippen molar-refractivity contribution in [1.82, 2.24) is 14.5 Å². The molecule has 0 aromatic heterocycles. The molecule has 25 heavy (non-hydrogen) atoms. The number of carbonyl (C=O) groups excluding carboxylic acids is 1. The highest BCUT2D eigenvalue weighted by molar-refractivity contribution is 7.88. The van der Waals surface area contributed by atoms with E-state index in [1.54, 1.807) is 0 Å². The van der Waals surface area contributed by atoms with Crippen LogP contribution in [0.5, 0.6) is 0 Å². The molecule has 1 aliphatic rings. The van der Waals surface area contributed by atoms with Gasteiger partial charge in [-0.05, 0) is 31.5 Å². The fraction of sp³-hybridized carbons (Fsp3) is 0.611. The lowest BCUT2D eigenvalue weighted by Crippen LogP contribution is -2.47. The van der Waals surface area contributed by atoms with Crippen molar-refractivity contribution in [3.8, 4) is 0 Å². The van der Waals surface area contributed by atoms with Crippen molar-refractivity contribution in [2.75, 3.05) is 32.4 Å². The first kappa shape index (κ1) is 19.9. The van der Waals surface area contributed by atoms with Crippen molar-refractivity contribution >= 4 is 15.9 Å². The van der Waals surface area contributed by atoms with Crippen LogP contribution in [0.15, 0.2) is 30.3 Å². The van der Waals surface area contributed by atoms with Gasteiger partial charge in [-0.25, -0.2) is 8.42 Å². The number of likely N-dealkylation sites (N-methyl/N-ethyl adjacent to an activating group) is 1. The van der Waals surface area contributed by atoms with Crippen molar-refractivity contribution in [3.63, 3.8) is 0 Å². The maximum absolute atomic E-state index is 12.6. The lowest BCUT2D eigenvalue weighted by Gasteiger charge is -2.31. The second kappa shape index (κ2) is 8.78. The largest absolute Gasteiger partial charge is 0.353 e. The van der Waals surface area contributed by atoms with Crippen LogP contribution >= 0.6 is 0 Å². The zero-order valence-corrected chi connectivity index (χ0v) is 16.1. The highest BCUT2D eigenvalue weighted by Crippen LogP contribution is 2.22. The molecule has 1 fully saturated rings. The van der Waals surface area contributed by atoms with Crippen molar-refractivity contribution in [2.24, 2.45) is 0 Å². The van der Waals surface area contributed by atoms with Crippen LogP contribution in [0.3, 0.4) is 0 Å². The molecule has 1 saturated heterocycles. The maximum Gasteiger partial charge on any atom is 0.238 e. The van der Waals surface area contributed by atoms with Gasteiger partial charge in [0.1, 0.15) is 6.04 Å². The molecule has 1 aliphatic heterocycles. The van der Waals surface area contributed by atoms with Crippen LogP contribution in [-0.2, 0) is 14.8 Å². The Morgan fingerprint density at radius 1 is 1.28 bits per heavy atom. The van der Waals surface area contributed by atoms with E-state index in [9.17, 15) is 13.2 Å². The topological polar surface area (TPSA) is 69.7 Å². The highest BCUT2D eigenvalue weighted by Gasteiger charge is 2.36. The molecule has 0 bridgehead atoms. The third-order valence-corrected chi connectivity index (χ3v) is 6.13. The van der Waals surface area contributed by atoms with E-state index in [1.165, 1.54) is 10.6 Å². The lowest BCUT2D eigenvalue weighted by molar-refractivity contribution is -0.124. The van der Waals surface area contributed by atoms with Crippen LogP contribution in [-0.4, -0.2) is 62.0 Å². The molecule has 1 heterocycles. The van der Waals surface area contributed by atoms with E-state index in [1.807, 2.05) is 18.2 Å². The van der Waals surface area contributed by atoms with E-state index >= 15 is 0 Å². The van der Waals surface area contributed by atoms with Gasteiger partial charge in [0, 0.05) is 13.1 Å². The molecule has 0 spiro atoms. The molecule has 1 aromatic carbocycles.